The maximum atomic E-state index is 12.0. The first-order chi connectivity index (χ1) is 14.5. The van der Waals surface area contributed by atoms with Crippen LogP contribution in [0, 0.1) is 6.92 Å². The number of methoxy groups -OCH3 is 2. The van der Waals surface area contributed by atoms with E-state index in [2.05, 4.69) is 4.98 Å². The van der Waals surface area contributed by atoms with Gasteiger partial charge in [0.2, 0.25) is 0 Å². The number of carbonyl (C=O) groups is 1. The molecule has 0 aliphatic rings. The van der Waals surface area contributed by atoms with Crippen molar-refractivity contribution in [3.63, 3.8) is 0 Å². The molecular weight excluding hydrogens is 402 g/mol. The molecule has 8 heteroatoms. The fourth-order valence-electron chi connectivity index (χ4n) is 3.20. The number of amides is 1. The molecule has 2 heterocycles. The Morgan fingerprint density at radius 3 is 2.53 bits per heavy atom. The molecule has 7 nitrogen and oxygen atoms in total. The molecule has 2 aromatic heterocycles. The number of aryl methyl sites for hydroxylation is 1. The largest absolute Gasteiger partial charge is 0.493 e. The van der Waals surface area contributed by atoms with Gasteiger partial charge in [-0.2, -0.15) is 0 Å². The lowest BCUT2D eigenvalue weighted by atomic mass is 10.1. The Bertz CT molecular complexity index is 1230. The van der Waals surface area contributed by atoms with Gasteiger partial charge in [0.25, 0.3) is 5.91 Å². The number of nitrogens with zero attached hydrogens (tertiary/aromatic N) is 2. The molecular formula is C22H21N3O4S. The number of imidazole rings is 1. The summed E-state index contributed by atoms with van der Waals surface area (Å²) < 4.78 is 18.6. The Morgan fingerprint density at radius 1 is 1.10 bits per heavy atom. The lowest BCUT2D eigenvalue weighted by Crippen LogP contribution is -2.10. The topological polar surface area (TPSA) is 88.6 Å². The van der Waals surface area contributed by atoms with Gasteiger partial charge in [0.15, 0.2) is 11.5 Å². The van der Waals surface area contributed by atoms with Gasteiger partial charge in [0.05, 0.1) is 25.3 Å². The third-order valence-electron chi connectivity index (χ3n) is 4.84. The van der Waals surface area contributed by atoms with Crippen LogP contribution >= 0.6 is 11.3 Å². The Morgan fingerprint density at radius 2 is 1.83 bits per heavy atom. The van der Waals surface area contributed by atoms with Crippen LogP contribution in [0.5, 0.6) is 17.2 Å². The smallest absolute Gasteiger partial charge is 0.262 e. The summed E-state index contributed by atoms with van der Waals surface area (Å²) >= 11 is 1.25. The average molecular weight is 423 g/mol. The van der Waals surface area contributed by atoms with E-state index in [4.69, 9.17) is 19.9 Å². The van der Waals surface area contributed by atoms with Gasteiger partial charge in [-0.15, -0.1) is 11.3 Å². The van der Waals surface area contributed by atoms with Gasteiger partial charge in [0, 0.05) is 18.2 Å². The highest BCUT2D eigenvalue weighted by atomic mass is 32.1. The summed E-state index contributed by atoms with van der Waals surface area (Å²) in [7, 11) is 3.16. The van der Waals surface area contributed by atoms with Gasteiger partial charge in [-0.25, -0.2) is 4.98 Å². The molecule has 0 aliphatic heterocycles. The summed E-state index contributed by atoms with van der Waals surface area (Å²) in [5.74, 6) is 1.11. The Kier molecular flexibility index (Phi) is 5.33. The molecule has 0 radical (unpaired) electrons. The molecule has 4 aromatic rings. The van der Waals surface area contributed by atoms with E-state index in [1.807, 2.05) is 47.9 Å². The molecule has 154 valence electrons. The minimum atomic E-state index is -0.533. The second kappa shape index (κ2) is 8.08. The Labute approximate surface area is 177 Å². The monoisotopic (exact) mass is 423 g/mol. The van der Waals surface area contributed by atoms with Crippen molar-refractivity contribution >= 4 is 28.3 Å². The van der Waals surface area contributed by atoms with Crippen LogP contribution in [-0.4, -0.2) is 29.7 Å². The molecule has 0 spiro atoms. The predicted molar refractivity (Wildman–Crippen MR) is 116 cm³/mol. The second-order valence-corrected chi connectivity index (χ2v) is 7.70. The van der Waals surface area contributed by atoms with E-state index < -0.39 is 5.91 Å². The number of primary amides is 1. The lowest BCUT2D eigenvalue weighted by molar-refractivity contribution is 0.1000. The van der Waals surface area contributed by atoms with E-state index in [-0.39, 0.29) is 0 Å². The zero-order valence-electron chi connectivity index (χ0n) is 16.8. The van der Waals surface area contributed by atoms with Crippen LogP contribution in [0.15, 0.2) is 48.8 Å². The van der Waals surface area contributed by atoms with E-state index in [1.54, 1.807) is 26.6 Å². The molecule has 1 amide bonds. The van der Waals surface area contributed by atoms with Gasteiger partial charge in [-0.05, 0) is 18.1 Å². The number of carbonyl (C=O) groups excluding carboxylic acids is 1. The van der Waals surface area contributed by atoms with Crippen LogP contribution in [0.25, 0.3) is 16.0 Å². The van der Waals surface area contributed by atoms with E-state index in [0.717, 1.165) is 27.2 Å². The summed E-state index contributed by atoms with van der Waals surface area (Å²) in [6, 6.07) is 13.4. The van der Waals surface area contributed by atoms with E-state index in [1.165, 1.54) is 11.3 Å². The number of benzene rings is 2. The number of nitrogens with two attached hydrogens (primary N) is 1. The number of thiophene rings is 1. The molecule has 2 aromatic carbocycles. The molecule has 30 heavy (non-hydrogen) atoms. The highest BCUT2D eigenvalue weighted by Crippen LogP contribution is 2.37. The number of rotatable bonds is 7. The van der Waals surface area contributed by atoms with Crippen LogP contribution in [0.3, 0.4) is 0 Å². The van der Waals surface area contributed by atoms with Crippen LogP contribution in [0.1, 0.15) is 20.8 Å². The zero-order valence-corrected chi connectivity index (χ0v) is 17.7. The highest BCUT2D eigenvalue weighted by molar-refractivity contribution is 7.16. The van der Waals surface area contributed by atoms with Crippen LogP contribution < -0.4 is 19.9 Å². The molecule has 0 bridgehead atoms. The highest BCUT2D eigenvalue weighted by Gasteiger charge is 2.19. The maximum Gasteiger partial charge on any atom is 0.262 e. The molecule has 0 unspecified atom stereocenters. The fraction of sp³-hybridized carbons (Fsp3) is 0.182. The summed E-state index contributed by atoms with van der Waals surface area (Å²) in [6.45, 7) is 2.37. The third-order valence-corrected chi connectivity index (χ3v) is 5.97. The van der Waals surface area contributed by atoms with Gasteiger partial charge in [0.1, 0.15) is 28.6 Å². The minimum absolute atomic E-state index is 0.346. The van der Waals surface area contributed by atoms with Crippen molar-refractivity contribution in [3.05, 3.63) is 64.8 Å². The summed E-state index contributed by atoms with van der Waals surface area (Å²) in [4.78, 5) is 16.8. The standard InChI is InChI=1S/C22H21N3O4S/c1-13-6-4-5-7-14(13)11-29-19-10-20(30-21(19)22(23)26)25-12-24-15-8-17(27-2)18(28-3)9-16(15)25/h4-10,12H,11H2,1-3H3,(H2,23,26). The number of hydrogen-bond donors (Lipinski definition) is 1. The van der Waals surface area contributed by atoms with Gasteiger partial charge < -0.3 is 19.9 Å². The van der Waals surface area contributed by atoms with Crippen LogP contribution in [0.2, 0.25) is 0 Å². The normalized spacial score (nSPS) is 10.9. The second-order valence-electron chi connectivity index (χ2n) is 6.67. The maximum absolute atomic E-state index is 12.0. The van der Waals surface area contributed by atoms with E-state index in [9.17, 15) is 4.79 Å². The molecule has 2 N–H and O–H groups in total. The van der Waals surface area contributed by atoms with Crippen molar-refractivity contribution in [3.8, 4) is 22.2 Å². The first kappa shape index (κ1) is 19.8. The Hall–Kier alpha value is -3.52. The van der Waals surface area contributed by atoms with Crippen molar-refractivity contribution in [2.75, 3.05) is 14.2 Å². The van der Waals surface area contributed by atoms with Crippen molar-refractivity contribution in [1.82, 2.24) is 9.55 Å². The van der Waals surface area contributed by atoms with Crippen molar-refractivity contribution in [2.24, 2.45) is 5.73 Å². The SMILES string of the molecule is COc1cc2ncn(-c3cc(OCc4ccccc4C)c(C(N)=O)s3)c2cc1OC. The quantitative estimate of drug-likeness (QED) is 0.484. The zero-order chi connectivity index (χ0) is 21.3. The number of hydrogen-bond acceptors (Lipinski definition) is 6. The van der Waals surface area contributed by atoms with Gasteiger partial charge >= 0.3 is 0 Å². The summed E-state index contributed by atoms with van der Waals surface area (Å²) in [5.41, 5.74) is 9.33. The van der Waals surface area contributed by atoms with E-state index in [0.29, 0.717) is 28.7 Å². The predicted octanol–water partition coefficient (Wildman–Crippen LogP) is 4.09. The molecule has 0 saturated carbocycles. The minimum Gasteiger partial charge on any atom is -0.493 e. The Balaban J connectivity index is 1.72. The lowest BCUT2D eigenvalue weighted by Gasteiger charge is -2.08. The molecule has 0 atom stereocenters. The molecule has 0 fully saturated rings. The average Bonchev–Trinajstić information content (AvgIpc) is 3.35. The summed E-state index contributed by atoms with van der Waals surface area (Å²) in [6.07, 6.45) is 1.69. The van der Waals surface area contributed by atoms with Crippen molar-refractivity contribution in [2.45, 2.75) is 13.5 Å². The van der Waals surface area contributed by atoms with E-state index >= 15 is 0 Å². The van der Waals surface area contributed by atoms with Crippen molar-refractivity contribution < 1.29 is 19.0 Å². The van der Waals surface area contributed by atoms with Gasteiger partial charge in [-0.3, -0.25) is 9.36 Å². The van der Waals surface area contributed by atoms with Crippen LogP contribution in [-0.2, 0) is 6.61 Å². The fourth-order valence-corrected chi connectivity index (χ4v) is 4.14. The number of fused-ring (bicyclic) bond motifs is 1. The van der Waals surface area contributed by atoms with Gasteiger partial charge in [-0.1, -0.05) is 24.3 Å². The number of aromatic nitrogens is 2. The first-order valence-electron chi connectivity index (χ1n) is 9.22. The van der Waals surface area contributed by atoms with Crippen LogP contribution in [0.4, 0.5) is 0 Å². The number of ether oxygens (including phenoxy) is 3. The molecule has 0 aliphatic carbocycles. The molecule has 4 rings (SSSR count). The third kappa shape index (κ3) is 3.57. The van der Waals surface area contributed by atoms with Crippen molar-refractivity contribution in [1.29, 1.82) is 0 Å². The summed E-state index contributed by atoms with van der Waals surface area (Å²) in [5, 5.41) is 0.762. The molecule has 0 saturated heterocycles. The first-order valence-corrected chi connectivity index (χ1v) is 10.0.